The SMILES string of the molecule is CCCc1ccc(OCC(=O)NN=Cc2ccc(OCc3ccccc3)c(OC)c2)cc1. The molecule has 32 heavy (non-hydrogen) atoms. The van der Waals surface area contributed by atoms with Crippen LogP contribution in [0.15, 0.2) is 77.9 Å². The Labute approximate surface area is 188 Å². The maximum atomic E-state index is 12.0. The predicted octanol–water partition coefficient (Wildman–Crippen LogP) is 4.76. The second-order valence-corrected chi connectivity index (χ2v) is 7.16. The van der Waals surface area contributed by atoms with Gasteiger partial charge in [-0.05, 0) is 53.4 Å². The molecule has 6 nitrogen and oxygen atoms in total. The standard InChI is InChI=1S/C26H28N2O4/c1-3-7-20-10-13-23(14-11-20)31-19-26(29)28-27-17-22-12-15-24(25(16-22)30-2)32-18-21-8-5-4-6-9-21/h4-6,8-17H,3,7,18-19H2,1-2H3,(H,28,29). The highest BCUT2D eigenvalue weighted by molar-refractivity contribution is 5.83. The molecule has 0 aliphatic carbocycles. The van der Waals surface area contributed by atoms with E-state index in [1.54, 1.807) is 19.4 Å². The zero-order chi connectivity index (χ0) is 22.6. The summed E-state index contributed by atoms with van der Waals surface area (Å²) in [5, 5.41) is 3.99. The third-order valence-corrected chi connectivity index (χ3v) is 4.66. The number of hydrogen-bond acceptors (Lipinski definition) is 5. The van der Waals surface area contributed by atoms with Gasteiger partial charge in [0.15, 0.2) is 18.1 Å². The summed E-state index contributed by atoms with van der Waals surface area (Å²) >= 11 is 0. The molecule has 0 bridgehead atoms. The second kappa shape index (κ2) is 12.2. The molecule has 0 atom stereocenters. The Balaban J connectivity index is 1.48. The Kier molecular flexibility index (Phi) is 8.69. The minimum absolute atomic E-state index is 0.111. The van der Waals surface area contributed by atoms with Crippen LogP contribution in [-0.4, -0.2) is 25.8 Å². The number of carbonyl (C=O) groups is 1. The van der Waals surface area contributed by atoms with Crippen molar-refractivity contribution in [2.45, 2.75) is 26.4 Å². The topological polar surface area (TPSA) is 69.2 Å². The molecule has 0 heterocycles. The fourth-order valence-corrected chi connectivity index (χ4v) is 3.02. The fraction of sp³-hybridized carbons (Fsp3) is 0.231. The number of hydrazone groups is 1. The van der Waals surface area contributed by atoms with E-state index in [0.717, 1.165) is 24.0 Å². The summed E-state index contributed by atoms with van der Waals surface area (Å²) in [4.78, 5) is 12.0. The van der Waals surface area contributed by atoms with Gasteiger partial charge in [-0.15, -0.1) is 0 Å². The highest BCUT2D eigenvalue weighted by Gasteiger charge is 2.06. The number of methoxy groups -OCH3 is 1. The number of aryl methyl sites for hydroxylation is 1. The molecule has 0 spiro atoms. The Hall–Kier alpha value is -3.80. The van der Waals surface area contributed by atoms with E-state index >= 15 is 0 Å². The van der Waals surface area contributed by atoms with Crippen LogP contribution in [0.3, 0.4) is 0 Å². The lowest BCUT2D eigenvalue weighted by Gasteiger charge is -2.11. The third kappa shape index (κ3) is 7.16. The van der Waals surface area contributed by atoms with Crippen LogP contribution in [0.1, 0.15) is 30.0 Å². The molecule has 1 amide bonds. The van der Waals surface area contributed by atoms with Crippen molar-refractivity contribution < 1.29 is 19.0 Å². The summed E-state index contributed by atoms with van der Waals surface area (Å²) in [7, 11) is 1.58. The van der Waals surface area contributed by atoms with E-state index in [0.29, 0.717) is 23.9 Å². The second-order valence-electron chi connectivity index (χ2n) is 7.16. The lowest BCUT2D eigenvalue weighted by molar-refractivity contribution is -0.123. The first-order valence-electron chi connectivity index (χ1n) is 10.6. The van der Waals surface area contributed by atoms with Crippen molar-refractivity contribution in [3.05, 3.63) is 89.5 Å². The van der Waals surface area contributed by atoms with Crippen molar-refractivity contribution in [2.24, 2.45) is 5.10 Å². The lowest BCUT2D eigenvalue weighted by atomic mass is 10.1. The van der Waals surface area contributed by atoms with E-state index < -0.39 is 0 Å². The van der Waals surface area contributed by atoms with Gasteiger partial charge in [0.25, 0.3) is 5.91 Å². The Morgan fingerprint density at radius 3 is 2.44 bits per heavy atom. The van der Waals surface area contributed by atoms with Crippen molar-refractivity contribution in [2.75, 3.05) is 13.7 Å². The summed E-state index contributed by atoms with van der Waals surface area (Å²) in [6.45, 7) is 2.47. The number of benzene rings is 3. The van der Waals surface area contributed by atoms with E-state index in [1.807, 2.05) is 66.7 Å². The lowest BCUT2D eigenvalue weighted by Crippen LogP contribution is -2.24. The van der Waals surface area contributed by atoms with Gasteiger partial charge >= 0.3 is 0 Å². The zero-order valence-corrected chi connectivity index (χ0v) is 18.4. The quantitative estimate of drug-likeness (QED) is 0.351. The van der Waals surface area contributed by atoms with Crippen LogP contribution in [0.4, 0.5) is 0 Å². The van der Waals surface area contributed by atoms with Crippen molar-refractivity contribution in [1.82, 2.24) is 5.43 Å². The van der Waals surface area contributed by atoms with E-state index in [-0.39, 0.29) is 12.5 Å². The van der Waals surface area contributed by atoms with Gasteiger partial charge in [-0.3, -0.25) is 4.79 Å². The summed E-state index contributed by atoms with van der Waals surface area (Å²) < 4.78 is 16.8. The van der Waals surface area contributed by atoms with Gasteiger partial charge in [0.2, 0.25) is 0 Å². The van der Waals surface area contributed by atoms with Crippen LogP contribution in [0, 0.1) is 0 Å². The first kappa shape index (κ1) is 22.9. The van der Waals surface area contributed by atoms with E-state index in [2.05, 4.69) is 17.5 Å². The first-order chi connectivity index (χ1) is 15.7. The fourth-order valence-electron chi connectivity index (χ4n) is 3.02. The Morgan fingerprint density at radius 2 is 1.72 bits per heavy atom. The summed E-state index contributed by atoms with van der Waals surface area (Å²) in [5.74, 6) is 1.54. The molecule has 0 aliphatic rings. The first-order valence-corrected chi connectivity index (χ1v) is 10.6. The minimum Gasteiger partial charge on any atom is -0.493 e. The Morgan fingerprint density at radius 1 is 0.938 bits per heavy atom. The third-order valence-electron chi connectivity index (χ3n) is 4.66. The Bertz CT molecular complexity index is 1020. The van der Waals surface area contributed by atoms with Gasteiger partial charge in [0, 0.05) is 0 Å². The maximum Gasteiger partial charge on any atom is 0.277 e. The van der Waals surface area contributed by atoms with Crippen LogP contribution < -0.4 is 19.6 Å². The molecule has 3 rings (SSSR count). The van der Waals surface area contributed by atoms with Gasteiger partial charge in [0.05, 0.1) is 13.3 Å². The number of hydrogen-bond donors (Lipinski definition) is 1. The number of rotatable bonds is 11. The summed E-state index contributed by atoms with van der Waals surface area (Å²) in [5.41, 5.74) is 5.55. The highest BCUT2D eigenvalue weighted by Crippen LogP contribution is 2.28. The van der Waals surface area contributed by atoms with Gasteiger partial charge in [-0.1, -0.05) is 55.8 Å². The van der Waals surface area contributed by atoms with E-state index in [1.165, 1.54) is 5.56 Å². The largest absolute Gasteiger partial charge is 0.493 e. The number of ether oxygens (including phenoxy) is 3. The van der Waals surface area contributed by atoms with E-state index in [9.17, 15) is 4.79 Å². The summed E-state index contributed by atoms with van der Waals surface area (Å²) in [6, 6.07) is 23.1. The maximum absolute atomic E-state index is 12.0. The molecule has 3 aromatic carbocycles. The van der Waals surface area contributed by atoms with Crippen molar-refractivity contribution in [3.8, 4) is 17.2 Å². The monoisotopic (exact) mass is 432 g/mol. The smallest absolute Gasteiger partial charge is 0.277 e. The van der Waals surface area contributed by atoms with Crippen LogP contribution in [-0.2, 0) is 17.8 Å². The number of amides is 1. The van der Waals surface area contributed by atoms with Crippen LogP contribution in [0.5, 0.6) is 17.2 Å². The van der Waals surface area contributed by atoms with Gasteiger partial charge in [0.1, 0.15) is 12.4 Å². The van der Waals surface area contributed by atoms with Crippen molar-refractivity contribution in [3.63, 3.8) is 0 Å². The van der Waals surface area contributed by atoms with Crippen LogP contribution >= 0.6 is 0 Å². The molecule has 0 fully saturated rings. The number of carbonyl (C=O) groups excluding carboxylic acids is 1. The molecular formula is C26H28N2O4. The number of nitrogens with zero attached hydrogens (tertiary/aromatic N) is 1. The molecular weight excluding hydrogens is 404 g/mol. The molecule has 166 valence electrons. The molecule has 3 aromatic rings. The minimum atomic E-state index is -0.339. The van der Waals surface area contributed by atoms with Crippen LogP contribution in [0.2, 0.25) is 0 Å². The normalized spacial score (nSPS) is 10.7. The average Bonchev–Trinajstić information content (AvgIpc) is 2.83. The van der Waals surface area contributed by atoms with Crippen molar-refractivity contribution in [1.29, 1.82) is 0 Å². The molecule has 0 unspecified atom stereocenters. The number of nitrogens with one attached hydrogen (secondary N) is 1. The van der Waals surface area contributed by atoms with Gasteiger partial charge < -0.3 is 14.2 Å². The molecule has 0 saturated heterocycles. The molecule has 0 aromatic heterocycles. The van der Waals surface area contributed by atoms with Crippen LogP contribution in [0.25, 0.3) is 0 Å². The highest BCUT2D eigenvalue weighted by atomic mass is 16.5. The molecule has 1 N–H and O–H groups in total. The van der Waals surface area contributed by atoms with Crippen molar-refractivity contribution >= 4 is 12.1 Å². The molecule has 6 heteroatoms. The summed E-state index contributed by atoms with van der Waals surface area (Å²) in [6.07, 6.45) is 3.66. The molecule has 0 aliphatic heterocycles. The van der Waals surface area contributed by atoms with Gasteiger partial charge in [-0.25, -0.2) is 5.43 Å². The molecule has 0 radical (unpaired) electrons. The average molecular weight is 433 g/mol. The van der Waals surface area contributed by atoms with Gasteiger partial charge in [-0.2, -0.15) is 5.10 Å². The van der Waals surface area contributed by atoms with E-state index in [4.69, 9.17) is 14.2 Å². The molecule has 0 saturated carbocycles. The predicted molar refractivity (Wildman–Crippen MR) is 125 cm³/mol. The zero-order valence-electron chi connectivity index (χ0n) is 18.4.